The fourth-order valence-corrected chi connectivity index (χ4v) is 5.51. The number of alkyl halides is 3. The summed E-state index contributed by atoms with van der Waals surface area (Å²) < 4.78 is 53.7. The van der Waals surface area contributed by atoms with E-state index in [2.05, 4.69) is 27.1 Å². The fourth-order valence-electron chi connectivity index (χ4n) is 5.51. The van der Waals surface area contributed by atoms with E-state index in [1.165, 1.54) is 0 Å². The number of hydrogen-bond donors (Lipinski definition) is 1. The molecule has 11 heteroatoms. The van der Waals surface area contributed by atoms with Gasteiger partial charge in [0.25, 0.3) is 11.8 Å². The van der Waals surface area contributed by atoms with E-state index in [0.29, 0.717) is 30.3 Å². The lowest BCUT2D eigenvalue weighted by molar-refractivity contribution is -0.143. The number of halogens is 4. The number of fused-ring (bicyclic) bond motifs is 3. The van der Waals surface area contributed by atoms with Crippen LogP contribution in [0.3, 0.4) is 0 Å². The average molecular weight is 556 g/mol. The lowest BCUT2D eigenvalue weighted by Crippen LogP contribution is -2.47. The minimum Gasteiger partial charge on any atom is -0.365 e. The van der Waals surface area contributed by atoms with Gasteiger partial charge in [0.1, 0.15) is 0 Å². The second kappa shape index (κ2) is 10.5. The van der Waals surface area contributed by atoms with Gasteiger partial charge < -0.3 is 15.1 Å². The third-order valence-corrected chi connectivity index (χ3v) is 7.67. The predicted molar refractivity (Wildman–Crippen MR) is 143 cm³/mol. The summed E-state index contributed by atoms with van der Waals surface area (Å²) in [6, 6.07) is 8.01. The van der Waals surface area contributed by atoms with E-state index in [1.807, 2.05) is 24.8 Å². The van der Waals surface area contributed by atoms with Crippen LogP contribution >= 0.6 is 0 Å². The van der Waals surface area contributed by atoms with E-state index < -0.39 is 29.2 Å². The largest absolute Gasteiger partial charge is 0.436 e. The number of anilines is 2. The lowest BCUT2D eigenvalue weighted by Gasteiger charge is -2.40. The molecule has 2 atom stereocenters. The van der Waals surface area contributed by atoms with Crippen LogP contribution in [-0.2, 0) is 6.18 Å². The van der Waals surface area contributed by atoms with Crippen LogP contribution in [0.1, 0.15) is 58.8 Å². The zero-order chi connectivity index (χ0) is 28.8. The Labute approximate surface area is 229 Å². The van der Waals surface area contributed by atoms with E-state index in [9.17, 15) is 27.2 Å². The summed E-state index contributed by atoms with van der Waals surface area (Å²) >= 11 is 0. The van der Waals surface area contributed by atoms with E-state index in [1.54, 1.807) is 24.4 Å². The average Bonchev–Trinajstić information content (AvgIpc) is 3.02. The van der Waals surface area contributed by atoms with E-state index in [4.69, 9.17) is 0 Å². The molecular weight excluding hydrogens is 526 g/mol. The second-order valence-corrected chi connectivity index (χ2v) is 10.4. The molecule has 2 aliphatic rings. The maximum absolute atomic E-state index is 14.5. The van der Waals surface area contributed by atoms with Gasteiger partial charge in [0, 0.05) is 49.3 Å². The Kier molecular flexibility index (Phi) is 7.24. The molecule has 0 radical (unpaired) electrons. The van der Waals surface area contributed by atoms with Crippen LogP contribution in [0.2, 0.25) is 0 Å². The zero-order valence-electron chi connectivity index (χ0n) is 22.3. The van der Waals surface area contributed by atoms with Gasteiger partial charge in [-0.15, -0.1) is 0 Å². The van der Waals surface area contributed by atoms with Crippen molar-refractivity contribution in [3.05, 3.63) is 71.1 Å². The molecule has 3 aromatic rings. The van der Waals surface area contributed by atoms with Crippen molar-refractivity contribution in [2.24, 2.45) is 5.92 Å². The number of aryl methyl sites for hydroxylation is 1. The summed E-state index contributed by atoms with van der Waals surface area (Å²) in [5.41, 5.74) is 1.21. The molecule has 0 bridgehead atoms. The topological polar surface area (TPSA) is 78.4 Å². The van der Waals surface area contributed by atoms with Gasteiger partial charge in [0.15, 0.2) is 17.2 Å². The van der Waals surface area contributed by atoms with Gasteiger partial charge in [-0.1, -0.05) is 13.0 Å². The van der Waals surface area contributed by atoms with Gasteiger partial charge in [-0.05, 0) is 68.0 Å². The van der Waals surface area contributed by atoms with Gasteiger partial charge in [0.05, 0.1) is 11.3 Å². The number of likely N-dealkylation sites (N-methyl/N-ethyl adjacent to an activating group) is 1. The number of aromatic nitrogens is 2. The first-order valence-corrected chi connectivity index (χ1v) is 13.2. The smallest absolute Gasteiger partial charge is 0.365 e. The summed E-state index contributed by atoms with van der Waals surface area (Å²) in [4.78, 5) is 37.8. The third kappa shape index (κ3) is 5.12. The first kappa shape index (κ1) is 27.5. The van der Waals surface area contributed by atoms with Crippen LogP contribution in [0.4, 0.5) is 28.9 Å². The van der Waals surface area contributed by atoms with E-state index in [-0.39, 0.29) is 17.6 Å². The van der Waals surface area contributed by atoms with Crippen LogP contribution in [0, 0.1) is 18.7 Å². The zero-order valence-corrected chi connectivity index (χ0v) is 22.3. The molecule has 0 saturated carbocycles. The number of hydrogen-bond acceptors (Lipinski definition) is 5. The van der Waals surface area contributed by atoms with E-state index >= 15 is 0 Å². The van der Waals surface area contributed by atoms with Crippen molar-refractivity contribution in [1.82, 2.24) is 14.9 Å². The summed E-state index contributed by atoms with van der Waals surface area (Å²) in [5, 5.41) is 2.49. The highest BCUT2D eigenvalue weighted by Gasteiger charge is 2.38. The minimum atomic E-state index is -5.03. The maximum atomic E-state index is 14.5. The first-order valence-electron chi connectivity index (χ1n) is 13.2. The quantitative estimate of drug-likeness (QED) is 0.403. The summed E-state index contributed by atoms with van der Waals surface area (Å²) in [6.07, 6.45) is -0.698. The van der Waals surface area contributed by atoms with Crippen molar-refractivity contribution < 1.29 is 27.2 Å². The molecule has 40 heavy (non-hydrogen) atoms. The fraction of sp³-hybridized carbons (Fsp3) is 0.379. The number of piperidine rings is 1. The standard InChI is InChI=1S/C29H29F4N5O2/c1-4-37-15-20-11-16(2)8-10-38(20)23-12-18(14-35-25(23)28(37)40)22-13-19(6-5-17(22)3)36-27(39)21-7-9-34-26(24(21)30)29(31,32)33/h5-7,9,12-14,16,20H,4,8,10-11,15H2,1-3H3,(H,36,39). The molecule has 5 rings (SSSR count). The normalized spacial score (nSPS) is 19.1. The molecule has 1 saturated heterocycles. The molecule has 0 spiro atoms. The van der Waals surface area contributed by atoms with E-state index in [0.717, 1.165) is 48.5 Å². The van der Waals surface area contributed by atoms with Crippen molar-refractivity contribution >= 4 is 23.2 Å². The molecule has 4 heterocycles. The molecule has 7 nitrogen and oxygen atoms in total. The molecule has 2 unspecified atom stereocenters. The monoisotopic (exact) mass is 555 g/mol. The van der Waals surface area contributed by atoms with Gasteiger partial charge in [-0.2, -0.15) is 13.2 Å². The summed E-state index contributed by atoms with van der Waals surface area (Å²) in [6.45, 7) is 8.08. The van der Waals surface area contributed by atoms with Crippen molar-refractivity contribution in [1.29, 1.82) is 0 Å². The molecule has 1 N–H and O–H groups in total. The Bertz CT molecular complexity index is 1480. The third-order valence-electron chi connectivity index (χ3n) is 7.67. The Balaban J connectivity index is 1.49. The number of amides is 2. The molecule has 2 amide bonds. The Morgan fingerprint density at radius 2 is 1.95 bits per heavy atom. The number of nitrogens with zero attached hydrogens (tertiary/aromatic N) is 4. The number of benzene rings is 1. The highest BCUT2D eigenvalue weighted by Crippen LogP contribution is 2.37. The van der Waals surface area contributed by atoms with Crippen LogP contribution in [0.25, 0.3) is 11.1 Å². The summed E-state index contributed by atoms with van der Waals surface area (Å²) in [7, 11) is 0. The summed E-state index contributed by atoms with van der Waals surface area (Å²) in [5.74, 6) is -2.32. The number of rotatable bonds is 4. The van der Waals surface area contributed by atoms with Gasteiger partial charge in [-0.3, -0.25) is 9.59 Å². The Morgan fingerprint density at radius 1 is 1.18 bits per heavy atom. The molecule has 0 aliphatic carbocycles. The minimum absolute atomic E-state index is 0.110. The lowest BCUT2D eigenvalue weighted by atomic mass is 9.91. The Morgan fingerprint density at radius 3 is 2.67 bits per heavy atom. The molecule has 2 aromatic heterocycles. The molecular formula is C29H29F4N5O2. The van der Waals surface area contributed by atoms with Crippen LogP contribution in [-0.4, -0.2) is 52.4 Å². The van der Waals surface area contributed by atoms with Crippen LogP contribution in [0.5, 0.6) is 0 Å². The molecule has 2 aliphatic heterocycles. The van der Waals surface area contributed by atoms with Crippen LogP contribution < -0.4 is 10.2 Å². The highest BCUT2D eigenvalue weighted by atomic mass is 19.4. The van der Waals surface area contributed by atoms with Crippen LogP contribution in [0.15, 0.2) is 42.7 Å². The predicted octanol–water partition coefficient (Wildman–Crippen LogP) is 5.94. The molecule has 210 valence electrons. The van der Waals surface area contributed by atoms with Crippen molar-refractivity contribution in [2.75, 3.05) is 29.9 Å². The highest BCUT2D eigenvalue weighted by molar-refractivity contribution is 6.05. The second-order valence-electron chi connectivity index (χ2n) is 10.4. The first-order chi connectivity index (χ1) is 19.0. The maximum Gasteiger partial charge on any atom is 0.436 e. The Hall–Kier alpha value is -4.02. The van der Waals surface area contributed by atoms with Crippen molar-refractivity contribution in [2.45, 2.75) is 45.8 Å². The SMILES string of the molecule is CCN1CC2CC(C)CCN2c2cc(-c3cc(NC(=O)c4ccnc(C(F)(F)F)c4F)ccc3C)cnc2C1=O. The number of carbonyl (C=O) groups is 2. The number of carbonyl (C=O) groups excluding carboxylic acids is 2. The van der Waals surface area contributed by atoms with Crippen molar-refractivity contribution in [3.8, 4) is 11.1 Å². The van der Waals surface area contributed by atoms with Gasteiger partial charge in [0.2, 0.25) is 0 Å². The molecule has 1 aromatic carbocycles. The molecule has 1 fully saturated rings. The van der Waals surface area contributed by atoms with Crippen molar-refractivity contribution in [3.63, 3.8) is 0 Å². The number of pyridine rings is 2. The number of nitrogens with one attached hydrogen (secondary N) is 1. The van der Waals surface area contributed by atoms with Gasteiger partial charge >= 0.3 is 6.18 Å². The van der Waals surface area contributed by atoms with Gasteiger partial charge in [-0.25, -0.2) is 14.4 Å².